The zero-order chi connectivity index (χ0) is 18.5. The van der Waals surface area contributed by atoms with Crippen LogP contribution in [0.25, 0.3) is 11.2 Å². The van der Waals surface area contributed by atoms with Crippen LogP contribution in [-0.2, 0) is 19.5 Å². The fourth-order valence-corrected chi connectivity index (χ4v) is 2.82. The molecule has 0 fully saturated rings. The maximum absolute atomic E-state index is 12.3. The van der Waals surface area contributed by atoms with Crippen LogP contribution in [0.4, 0.5) is 0 Å². The highest BCUT2D eigenvalue weighted by atomic mass is 16.1. The van der Waals surface area contributed by atoms with Crippen molar-refractivity contribution in [3.05, 3.63) is 84.3 Å². The van der Waals surface area contributed by atoms with Crippen LogP contribution in [0.2, 0.25) is 0 Å². The van der Waals surface area contributed by atoms with Crippen LogP contribution in [0, 0.1) is 0 Å². The number of carbonyl (C=O) groups is 1. The third-order valence-electron chi connectivity index (χ3n) is 4.25. The molecule has 0 aliphatic carbocycles. The molecule has 0 aliphatic rings. The Morgan fingerprint density at radius 1 is 1.04 bits per heavy atom. The van der Waals surface area contributed by atoms with E-state index in [2.05, 4.69) is 37.4 Å². The van der Waals surface area contributed by atoms with Gasteiger partial charge in [0.1, 0.15) is 5.52 Å². The standard InChI is InChI=1S/C20H18N6O/c27-20(24-13-17-12-21-7-8-22-17)16-10-18-19(23-11-16)26(14-25-18)9-6-15-4-2-1-3-5-15/h1-5,7-8,10-12,14H,6,9,13H2,(H,24,27). The van der Waals surface area contributed by atoms with Gasteiger partial charge in [0.05, 0.1) is 30.3 Å². The second-order valence-corrected chi connectivity index (χ2v) is 6.12. The van der Waals surface area contributed by atoms with Gasteiger partial charge in [0.2, 0.25) is 0 Å². The van der Waals surface area contributed by atoms with Gasteiger partial charge in [-0.2, -0.15) is 0 Å². The van der Waals surface area contributed by atoms with E-state index >= 15 is 0 Å². The number of aromatic nitrogens is 5. The van der Waals surface area contributed by atoms with Gasteiger partial charge < -0.3 is 9.88 Å². The van der Waals surface area contributed by atoms with Crippen molar-refractivity contribution < 1.29 is 4.79 Å². The van der Waals surface area contributed by atoms with Crippen LogP contribution < -0.4 is 5.32 Å². The molecule has 1 amide bonds. The first-order valence-corrected chi connectivity index (χ1v) is 8.67. The van der Waals surface area contributed by atoms with E-state index in [0.29, 0.717) is 23.3 Å². The molecule has 0 atom stereocenters. The van der Waals surface area contributed by atoms with Gasteiger partial charge in [-0.1, -0.05) is 30.3 Å². The Morgan fingerprint density at radius 2 is 1.93 bits per heavy atom. The molecule has 134 valence electrons. The number of imidazole rings is 1. The van der Waals surface area contributed by atoms with Crippen molar-refractivity contribution in [3.8, 4) is 0 Å². The van der Waals surface area contributed by atoms with Crippen LogP contribution in [0.3, 0.4) is 0 Å². The Labute approximate surface area is 156 Å². The molecule has 7 nitrogen and oxygen atoms in total. The third kappa shape index (κ3) is 3.98. The number of fused-ring (bicyclic) bond motifs is 1. The summed E-state index contributed by atoms with van der Waals surface area (Å²) in [5.41, 5.74) is 3.91. The summed E-state index contributed by atoms with van der Waals surface area (Å²) in [5, 5.41) is 2.82. The van der Waals surface area contributed by atoms with Crippen molar-refractivity contribution in [3.63, 3.8) is 0 Å². The van der Waals surface area contributed by atoms with Gasteiger partial charge in [-0.15, -0.1) is 0 Å². The molecular weight excluding hydrogens is 340 g/mol. The van der Waals surface area contributed by atoms with Gasteiger partial charge in [-0.25, -0.2) is 9.97 Å². The van der Waals surface area contributed by atoms with Crippen LogP contribution in [0.15, 0.2) is 67.5 Å². The number of pyridine rings is 1. The third-order valence-corrected chi connectivity index (χ3v) is 4.25. The first kappa shape index (κ1) is 16.8. The lowest BCUT2D eigenvalue weighted by atomic mass is 10.1. The lowest BCUT2D eigenvalue weighted by molar-refractivity contribution is 0.0950. The number of hydrogen-bond acceptors (Lipinski definition) is 5. The molecule has 1 N–H and O–H groups in total. The number of hydrogen-bond donors (Lipinski definition) is 1. The van der Waals surface area contributed by atoms with Gasteiger partial charge >= 0.3 is 0 Å². The SMILES string of the molecule is O=C(NCc1cnccn1)c1cnc2c(c1)ncn2CCc1ccccc1. The van der Waals surface area contributed by atoms with E-state index < -0.39 is 0 Å². The van der Waals surface area contributed by atoms with Crippen LogP contribution in [0.1, 0.15) is 21.6 Å². The average Bonchev–Trinajstić information content (AvgIpc) is 3.14. The van der Waals surface area contributed by atoms with Crippen molar-refractivity contribution in [1.82, 2.24) is 29.8 Å². The molecule has 3 heterocycles. The molecule has 4 aromatic rings. The molecule has 3 aromatic heterocycles. The van der Waals surface area contributed by atoms with E-state index in [1.54, 1.807) is 37.2 Å². The Hall–Kier alpha value is -3.61. The molecule has 0 radical (unpaired) electrons. The normalized spacial score (nSPS) is 10.8. The summed E-state index contributed by atoms with van der Waals surface area (Å²) >= 11 is 0. The Kier molecular flexibility index (Phi) is 4.82. The quantitative estimate of drug-likeness (QED) is 0.572. The first-order chi connectivity index (χ1) is 13.3. The van der Waals surface area contributed by atoms with Crippen molar-refractivity contribution in [2.75, 3.05) is 0 Å². The summed E-state index contributed by atoms with van der Waals surface area (Å²) in [6, 6.07) is 12.0. The van der Waals surface area contributed by atoms with E-state index in [1.165, 1.54) is 5.56 Å². The second-order valence-electron chi connectivity index (χ2n) is 6.12. The lowest BCUT2D eigenvalue weighted by Gasteiger charge is -2.06. The highest BCUT2D eigenvalue weighted by molar-refractivity contribution is 5.96. The topological polar surface area (TPSA) is 85.6 Å². The largest absolute Gasteiger partial charge is 0.346 e. The number of amides is 1. The number of nitrogens with one attached hydrogen (secondary N) is 1. The summed E-state index contributed by atoms with van der Waals surface area (Å²) in [6.07, 6.45) is 9.05. The molecule has 4 rings (SSSR count). The minimum atomic E-state index is -0.214. The monoisotopic (exact) mass is 358 g/mol. The molecule has 1 aromatic carbocycles. The van der Waals surface area contributed by atoms with Crippen molar-refractivity contribution in [2.24, 2.45) is 0 Å². The van der Waals surface area contributed by atoms with Crippen LogP contribution in [0.5, 0.6) is 0 Å². The minimum absolute atomic E-state index is 0.214. The number of aryl methyl sites for hydroxylation is 2. The van der Waals surface area contributed by atoms with Gasteiger partial charge in [0, 0.05) is 25.1 Å². The molecule has 0 spiro atoms. The molecule has 0 saturated heterocycles. The smallest absolute Gasteiger partial charge is 0.253 e. The number of rotatable bonds is 6. The van der Waals surface area contributed by atoms with Crippen LogP contribution in [-0.4, -0.2) is 30.4 Å². The first-order valence-electron chi connectivity index (χ1n) is 8.67. The van der Waals surface area contributed by atoms with Gasteiger partial charge in [0.15, 0.2) is 5.65 Å². The minimum Gasteiger partial charge on any atom is -0.346 e. The van der Waals surface area contributed by atoms with Gasteiger partial charge in [-0.3, -0.25) is 14.8 Å². The summed E-state index contributed by atoms with van der Waals surface area (Å²) in [7, 11) is 0. The Bertz CT molecular complexity index is 1050. The molecule has 0 unspecified atom stereocenters. The van der Waals surface area contributed by atoms with E-state index in [0.717, 1.165) is 18.6 Å². The molecular formula is C20H18N6O. The molecule has 0 saturated carbocycles. The van der Waals surface area contributed by atoms with Crippen molar-refractivity contribution in [2.45, 2.75) is 19.5 Å². The van der Waals surface area contributed by atoms with Gasteiger partial charge in [-0.05, 0) is 18.1 Å². The Balaban J connectivity index is 1.44. The van der Waals surface area contributed by atoms with E-state index in [9.17, 15) is 4.79 Å². The maximum Gasteiger partial charge on any atom is 0.253 e. The maximum atomic E-state index is 12.3. The fourth-order valence-electron chi connectivity index (χ4n) is 2.82. The zero-order valence-electron chi connectivity index (χ0n) is 14.6. The van der Waals surface area contributed by atoms with Crippen molar-refractivity contribution in [1.29, 1.82) is 0 Å². The summed E-state index contributed by atoms with van der Waals surface area (Å²) in [5.74, 6) is -0.214. The fraction of sp³-hybridized carbons (Fsp3) is 0.150. The molecule has 7 heteroatoms. The predicted octanol–water partition coefficient (Wildman–Crippen LogP) is 2.39. The van der Waals surface area contributed by atoms with E-state index in [-0.39, 0.29) is 5.91 Å². The highest BCUT2D eigenvalue weighted by Gasteiger charge is 2.11. The molecule has 0 aliphatic heterocycles. The van der Waals surface area contributed by atoms with Gasteiger partial charge in [0.25, 0.3) is 5.91 Å². The van der Waals surface area contributed by atoms with Crippen molar-refractivity contribution >= 4 is 17.1 Å². The number of nitrogens with zero attached hydrogens (tertiary/aromatic N) is 5. The van der Waals surface area contributed by atoms with E-state index in [4.69, 9.17) is 0 Å². The number of carbonyl (C=O) groups excluding carboxylic acids is 1. The Morgan fingerprint density at radius 3 is 2.74 bits per heavy atom. The van der Waals surface area contributed by atoms with E-state index in [1.807, 2.05) is 22.8 Å². The molecule has 0 bridgehead atoms. The predicted molar refractivity (Wildman–Crippen MR) is 101 cm³/mol. The zero-order valence-corrected chi connectivity index (χ0v) is 14.6. The second kappa shape index (κ2) is 7.74. The lowest BCUT2D eigenvalue weighted by Crippen LogP contribution is -2.23. The molecule has 27 heavy (non-hydrogen) atoms. The highest BCUT2D eigenvalue weighted by Crippen LogP contribution is 2.13. The van der Waals surface area contributed by atoms with Crippen LogP contribution >= 0.6 is 0 Å². The summed E-state index contributed by atoms with van der Waals surface area (Å²) < 4.78 is 2.00. The summed E-state index contributed by atoms with van der Waals surface area (Å²) in [4.78, 5) is 29.3. The number of benzene rings is 1. The average molecular weight is 358 g/mol. The summed E-state index contributed by atoms with van der Waals surface area (Å²) in [6.45, 7) is 1.10.